The Morgan fingerprint density at radius 1 is 1.30 bits per heavy atom. The molecule has 0 saturated carbocycles. The minimum Gasteiger partial charge on any atom is -0.399 e. The van der Waals surface area contributed by atoms with Gasteiger partial charge in [0.25, 0.3) is 0 Å². The number of carbonyl (C=O) groups excluding carboxylic acids is 1. The molecule has 0 spiro atoms. The lowest BCUT2D eigenvalue weighted by Crippen LogP contribution is -2.39. The SMILES string of the molecule is CC1CCN(CCC(=O)Nc2ccc(N)cc2)CC1C. The fourth-order valence-electron chi connectivity index (χ4n) is 2.60. The van der Waals surface area contributed by atoms with Crippen LogP contribution in [-0.4, -0.2) is 30.4 Å². The van der Waals surface area contributed by atoms with Crippen LogP contribution in [0.3, 0.4) is 0 Å². The van der Waals surface area contributed by atoms with Crippen molar-refractivity contribution in [1.29, 1.82) is 0 Å². The van der Waals surface area contributed by atoms with E-state index in [1.807, 2.05) is 12.1 Å². The molecule has 20 heavy (non-hydrogen) atoms. The first-order chi connectivity index (χ1) is 9.54. The fraction of sp³-hybridized carbons (Fsp3) is 0.562. The summed E-state index contributed by atoms with van der Waals surface area (Å²) in [5, 5.41) is 2.91. The Morgan fingerprint density at radius 3 is 2.65 bits per heavy atom. The maximum Gasteiger partial charge on any atom is 0.225 e. The fourth-order valence-corrected chi connectivity index (χ4v) is 2.60. The summed E-state index contributed by atoms with van der Waals surface area (Å²) >= 11 is 0. The highest BCUT2D eigenvalue weighted by Crippen LogP contribution is 2.22. The molecule has 1 amide bonds. The van der Waals surface area contributed by atoms with Gasteiger partial charge in [0.05, 0.1) is 0 Å². The minimum absolute atomic E-state index is 0.0704. The zero-order valence-electron chi connectivity index (χ0n) is 12.4. The van der Waals surface area contributed by atoms with Crippen LogP contribution in [0.15, 0.2) is 24.3 Å². The molecule has 0 aliphatic carbocycles. The molecular formula is C16H25N3O. The van der Waals surface area contributed by atoms with Crippen molar-refractivity contribution in [2.24, 2.45) is 11.8 Å². The van der Waals surface area contributed by atoms with Crippen LogP contribution in [0.5, 0.6) is 0 Å². The Balaban J connectivity index is 1.74. The van der Waals surface area contributed by atoms with Crippen molar-refractivity contribution in [3.05, 3.63) is 24.3 Å². The highest BCUT2D eigenvalue weighted by molar-refractivity contribution is 5.90. The molecule has 1 aromatic rings. The molecule has 4 nitrogen and oxygen atoms in total. The molecule has 2 rings (SSSR count). The Bertz CT molecular complexity index is 444. The molecule has 0 aromatic heterocycles. The van der Waals surface area contributed by atoms with E-state index in [1.54, 1.807) is 12.1 Å². The van der Waals surface area contributed by atoms with Gasteiger partial charge in [-0.1, -0.05) is 13.8 Å². The summed E-state index contributed by atoms with van der Waals surface area (Å²) in [5.41, 5.74) is 7.14. The van der Waals surface area contributed by atoms with Crippen LogP contribution in [-0.2, 0) is 4.79 Å². The standard InChI is InChI=1S/C16H25N3O/c1-12-7-9-19(11-13(12)2)10-8-16(20)18-15-5-3-14(17)4-6-15/h3-6,12-13H,7-11,17H2,1-2H3,(H,18,20). The highest BCUT2D eigenvalue weighted by atomic mass is 16.1. The number of nitrogens with one attached hydrogen (secondary N) is 1. The summed E-state index contributed by atoms with van der Waals surface area (Å²) in [6.45, 7) is 7.68. The normalized spacial score (nSPS) is 23.5. The van der Waals surface area contributed by atoms with Crippen LogP contribution in [0.25, 0.3) is 0 Å². The molecule has 1 saturated heterocycles. The molecule has 1 aliphatic heterocycles. The van der Waals surface area contributed by atoms with Gasteiger partial charge in [0.15, 0.2) is 0 Å². The molecular weight excluding hydrogens is 250 g/mol. The maximum absolute atomic E-state index is 11.9. The van der Waals surface area contributed by atoms with Gasteiger partial charge in [-0.05, 0) is 49.1 Å². The molecule has 1 fully saturated rings. The van der Waals surface area contributed by atoms with Crippen molar-refractivity contribution in [2.75, 3.05) is 30.7 Å². The molecule has 4 heteroatoms. The van der Waals surface area contributed by atoms with Gasteiger partial charge in [-0.25, -0.2) is 0 Å². The van der Waals surface area contributed by atoms with Crippen molar-refractivity contribution >= 4 is 17.3 Å². The number of likely N-dealkylation sites (tertiary alicyclic amines) is 1. The van der Waals surface area contributed by atoms with Gasteiger partial charge < -0.3 is 16.0 Å². The third-order valence-corrected chi connectivity index (χ3v) is 4.27. The number of carbonyl (C=O) groups is 1. The molecule has 3 N–H and O–H groups in total. The monoisotopic (exact) mass is 275 g/mol. The number of piperidine rings is 1. The van der Waals surface area contributed by atoms with E-state index in [-0.39, 0.29) is 5.91 Å². The summed E-state index contributed by atoms with van der Waals surface area (Å²) < 4.78 is 0. The molecule has 0 bridgehead atoms. The van der Waals surface area contributed by atoms with Gasteiger partial charge >= 0.3 is 0 Å². The number of hydrogen-bond acceptors (Lipinski definition) is 3. The second-order valence-corrected chi connectivity index (χ2v) is 5.96. The second kappa shape index (κ2) is 6.75. The summed E-state index contributed by atoms with van der Waals surface area (Å²) in [6, 6.07) is 7.25. The van der Waals surface area contributed by atoms with Crippen LogP contribution in [0.1, 0.15) is 26.7 Å². The Hall–Kier alpha value is -1.55. The predicted molar refractivity (Wildman–Crippen MR) is 83.5 cm³/mol. The zero-order valence-corrected chi connectivity index (χ0v) is 12.4. The third-order valence-electron chi connectivity index (χ3n) is 4.27. The second-order valence-electron chi connectivity index (χ2n) is 5.96. The van der Waals surface area contributed by atoms with Crippen LogP contribution >= 0.6 is 0 Å². The van der Waals surface area contributed by atoms with Gasteiger partial charge in [0, 0.05) is 30.9 Å². The average molecular weight is 275 g/mol. The number of nitrogens with two attached hydrogens (primary N) is 1. The Kier molecular flexibility index (Phi) is 5.01. The number of hydrogen-bond donors (Lipinski definition) is 2. The van der Waals surface area contributed by atoms with E-state index in [0.29, 0.717) is 12.1 Å². The highest BCUT2D eigenvalue weighted by Gasteiger charge is 2.22. The molecule has 110 valence electrons. The molecule has 1 aromatic carbocycles. The molecule has 2 unspecified atom stereocenters. The molecule has 1 heterocycles. The number of nitrogens with zero attached hydrogens (tertiary/aromatic N) is 1. The van der Waals surface area contributed by atoms with Gasteiger partial charge in [-0.15, -0.1) is 0 Å². The topological polar surface area (TPSA) is 58.4 Å². The van der Waals surface area contributed by atoms with Crippen LogP contribution in [0.4, 0.5) is 11.4 Å². The van der Waals surface area contributed by atoms with Crippen molar-refractivity contribution in [1.82, 2.24) is 4.90 Å². The van der Waals surface area contributed by atoms with Crippen molar-refractivity contribution in [3.8, 4) is 0 Å². The minimum atomic E-state index is 0.0704. The predicted octanol–water partition coefficient (Wildman–Crippen LogP) is 2.58. The van der Waals surface area contributed by atoms with Crippen LogP contribution in [0, 0.1) is 11.8 Å². The number of benzene rings is 1. The summed E-state index contributed by atoms with van der Waals surface area (Å²) in [6.07, 6.45) is 1.78. The Morgan fingerprint density at radius 2 is 2.00 bits per heavy atom. The number of rotatable bonds is 4. The van der Waals surface area contributed by atoms with Crippen molar-refractivity contribution in [3.63, 3.8) is 0 Å². The lowest BCUT2D eigenvalue weighted by molar-refractivity contribution is -0.116. The molecule has 2 atom stereocenters. The van der Waals surface area contributed by atoms with E-state index in [4.69, 9.17) is 5.73 Å². The van der Waals surface area contributed by atoms with Gasteiger partial charge in [-0.3, -0.25) is 4.79 Å². The van der Waals surface area contributed by atoms with Crippen LogP contribution in [0.2, 0.25) is 0 Å². The smallest absolute Gasteiger partial charge is 0.225 e. The quantitative estimate of drug-likeness (QED) is 0.830. The molecule has 1 aliphatic rings. The maximum atomic E-state index is 11.9. The van der Waals surface area contributed by atoms with Gasteiger partial charge in [0.1, 0.15) is 0 Å². The van der Waals surface area contributed by atoms with Gasteiger partial charge in [-0.2, -0.15) is 0 Å². The van der Waals surface area contributed by atoms with E-state index in [1.165, 1.54) is 6.42 Å². The van der Waals surface area contributed by atoms with E-state index < -0.39 is 0 Å². The number of anilines is 2. The Labute approximate surface area is 121 Å². The van der Waals surface area contributed by atoms with Crippen molar-refractivity contribution < 1.29 is 4.79 Å². The first-order valence-corrected chi connectivity index (χ1v) is 7.42. The average Bonchev–Trinajstić information content (AvgIpc) is 2.43. The number of amides is 1. The summed E-state index contributed by atoms with van der Waals surface area (Å²) in [4.78, 5) is 14.3. The van der Waals surface area contributed by atoms with E-state index in [0.717, 1.165) is 37.2 Å². The largest absolute Gasteiger partial charge is 0.399 e. The van der Waals surface area contributed by atoms with E-state index in [9.17, 15) is 4.79 Å². The van der Waals surface area contributed by atoms with Crippen LogP contribution < -0.4 is 11.1 Å². The lowest BCUT2D eigenvalue weighted by Gasteiger charge is -2.35. The van der Waals surface area contributed by atoms with Crippen molar-refractivity contribution in [2.45, 2.75) is 26.7 Å². The van der Waals surface area contributed by atoms with E-state index in [2.05, 4.69) is 24.1 Å². The first kappa shape index (κ1) is 14.9. The van der Waals surface area contributed by atoms with Gasteiger partial charge in [0.2, 0.25) is 5.91 Å². The summed E-state index contributed by atoms with van der Waals surface area (Å²) in [7, 11) is 0. The number of nitrogen functional groups attached to an aromatic ring is 1. The summed E-state index contributed by atoms with van der Waals surface area (Å²) in [5.74, 6) is 1.60. The lowest BCUT2D eigenvalue weighted by atomic mass is 9.89. The zero-order chi connectivity index (χ0) is 14.5. The third kappa shape index (κ3) is 4.23. The van der Waals surface area contributed by atoms with E-state index >= 15 is 0 Å². The molecule has 0 radical (unpaired) electrons. The first-order valence-electron chi connectivity index (χ1n) is 7.42.